The fraction of sp³-hybridized carbons (Fsp3) is 0.300. The highest BCUT2D eigenvalue weighted by atomic mass is 16.6. The Labute approximate surface area is 77.0 Å². The number of rotatable bonds is 2. The van der Waals surface area contributed by atoms with Gasteiger partial charge >= 0.3 is 0 Å². The van der Waals surface area contributed by atoms with Gasteiger partial charge in [0, 0.05) is 6.92 Å². The van der Waals surface area contributed by atoms with Gasteiger partial charge in [-0.05, 0) is 24.6 Å². The summed E-state index contributed by atoms with van der Waals surface area (Å²) in [4.78, 5) is 11.0. The van der Waals surface area contributed by atoms with E-state index >= 15 is 0 Å². The predicted octanol–water partition coefficient (Wildman–Crippen LogP) is 1.31. The number of carbonyl (C=O) groups excluding carboxylic acids is 1. The summed E-state index contributed by atoms with van der Waals surface area (Å²) in [6.07, 6.45) is 2.04. The van der Waals surface area contributed by atoms with Gasteiger partial charge in [-0.3, -0.25) is 4.79 Å². The molecule has 0 aromatic carbocycles. The Hall–Kier alpha value is -1.35. The van der Waals surface area contributed by atoms with E-state index in [9.17, 15) is 9.90 Å². The van der Waals surface area contributed by atoms with Gasteiger partial charge in [-0.15, -0.1) is 0 Å². The number of ether oxygens (including phenoxy) is 1. The summed E-state index contributed by atoms with van der Waals surface area (Å²) in [6.45, 7) is 6.91. The van der Waals surface area contributed by atoms with E-state index in [4.69, 9.17) is 4.74 Å². The molecule has 70 valence electrons. The lowest BCUT2D eigenvalue weighted by Crippen LogP contribution is -2.17. The van der Waals surface area contributed by atoms with Crippen molar-refractivity contribution < 1.29 is 14.6 Å². The van der Waals surface area contributed by atoms with Crippen molar-refractivity contribution in [1.29, 1.82) is 0 Å². The summed E-state index contributed by atoms with van der Waals surface area (Å²) < 4.78 is 4.88. The minimum Gasteiger partial charge on any atom is -0.458 e. The van der Waals surface area contributed by atoms with Crippen molar-refractivity contribution >= 4 is 5.78 Å². The molecule has 0 saturated carbocycles. The molecule has 1 N–H and O–H groups in total. The largest absolute Gasteiger partial charge is 0.458 e. The summed E-state index contributed by atoms with van der Waals surface area (Å²) in [6, 6.07) is 0. The number of ketones is 1. The van der Waals surface area contributed by atoms with Crippen molar-refractivity contribution in [2.24, 2.45) is 0 Å². The van der Waals surface area contributed by atoms with Crippen LogP contribution in [0.1, 0.15) is 13.8 Å². The molecule has 0 aliphatic carbocycles. The second-order valence-electron chi connectivity index (χ2n) is 2.98. The number of aliphatic hydroxyl groups is 1. The summed E-state index contributed by atoms with van der Waals surface area (Å²) >= 11 is 0. The van der Waals surface area contributed by atoms with Crippen molar-refractivity contribution in [3.05, 3.63) is 35.6 Å². The van der Waals surface area contributed by atoms with Gasteiger partial charge in [0.2, 0.25) is 6.29 Å². The van der Waals surface area contributed by atoms with Crippen LogP contribution in [0, 0.1) is 0 Å². The van der Waals surface area contributed by atoms with Crippen molar-refractivity contribution in [3.63, 3.8) is 0 Å². The molecule has 1 aliphatic rings. The second-order valence-corrected chi connectivity index (χ2v) is 2.98. The molecular formula is C10H12O3. The summed E-state index contributed by atoms with van der Waals surface area (Å²) in [5, 5.41) is 9.22. The van der Waals surface area contributed by atoms with Crippen LogP contribution in [0.5, 0.6) is 0 Å². The maximum Gasteiger partial charge on any atom is 0.218 e. The highest BCUT2D eigenvalue weighted by Crippen LogP contribution is 2.20. The standard InChI is InChI=1S/C10H12O3/c1-6(2)8-4-9(7(3)11)13-10(12)5-8/h4-5,10,12H,1H2,2-3H3. The van der Waals surface area contributed by atoms with E-state index in [1.165, 1.54) is 13.0 Å². The Kier molecular flexibility index (Phi) is 2.68. The number of allylic oxidation sites excluding steroid dienone is 4. The molecule has 3 heteroatoms. The van der Waals surface area contributed by atoms with Crippen molar-refractivity contribution in [3.8, 4) is 0 Å². The molecule has 0 saturated heterocycles. The molecule has 0 aromatic rings. The molecule has 0 aromatic heterocycles. The monoisotopic (exact) mass is 180 g/mol. The molecule has 0 spiro atoms. The smallest absolute Gasteiger partial charge is 0.218 e. The first-order valence-electron chi connectivity index (χ1n) is 3.96. The topological polar surface area (TPSA) is 46.5 Å². The van der Waals surface area contributed by atoms with E-state index < -0.39 is 6.29 Å². The van der Waals surface area contributed by atoms with Gasteiger partial charge in [0.1, 0.15) is 0 Å². The summed E-state index contributed by atoms with van der Waals surface area (Å²) in [5.41, 5.74) is 1.53. The molecular weight excluding hydrogens is 168 g/mol. The number of aliphatic hydroxyl groups excluding tert-OH is 1. The third kappa shape index (κ3) is 2.29. The zero-order valence-corrected chi connectivity index (χ0v) is 7.70. The minimum absolute atomic E-state index is 0.174. The maximum atomic E-state index is 11.0. The molecule has 3 nitrogen and oxygen atoms in total. The average molecular weight is 180 g/mol. The Bertz CT molecular complexity index is 310. The van der Waals surface area contributed by atoms with E-state index in [0.717, 1.165) is 11.1 Å². The highest BCUT2D eigenvalue weighted by molar-refractivity contribution is 5.92. The zero-order valence-electron chi connectivity index (χ0n) is 7.70. The molecule has 0 amide bonds. The molecule has 1 heterocycles. The molecule has 0 radical (unpaired) electrons. The first-order valence-corrected chi connectivity index (χ1v) is 3.96. The predicted molar refractivity (Wildman–Crippen MR) is 48.8 cm³/mol. The summed E-state index contributed by atoms with van der Waals surface area (Å²) in [5.74, 6) is -0.0288. The fourth-order valence-electron chi connectivity index (χ4n) is 0.991. The molecule has 1 atom stereocenters. The summed E-state index contributed by atoms with van der Waals surface area (Å²) in [7, 11) is 0. The van der Waals surface area contributed by atoms with Crippen LogP contribution in [0.4, 0.5) is 0 Å². The molecule has 0 bridgehead atoms. The number of hydrogen-bond acceptors (Lipinski definition) is 3. The van der Waals surface area contributed by atoms with E-state index in [-0.39, 0.29) is 11.5 Å². The second kappa shape index (κ2) is 3.58. The number of hydrogen-bond donors (Lipinski definition) is 1. The Balaban J connectivity index is 2.98. The van der Waals surface area contributed by atoms with Crippen molar-refractivity contribution in [1.82, 2.24) is 0 Å². The SMILES string of the molecule is C=C(C)C1=CC(O)OC(C(C)=O)=C1. The van der Waals surface area contributed by atoms with Crippen LogP contribution in [0.25, 0.3) is 0 Å². The Morgan fingerprint density at radius 2 is 2.23 bits per heavy atom. The average Bonchev–Trinajstić information content (AvgIpc) is 2.03. The fourth-order valence-corrected chi connectivity index (χ4v) is 0.991. The van der Waals surface area contributed by atoms with Crippen LogP contribution in [0.3, 0.4) is 0 Å². The van der Waals surface area contributed by atoms with Crippen LogP contribution in [0.2, 0.25) is 0 Å². The highest BCUT2D eigenvalue weighted by Gasteiger charge is 2.16. The number of Topliss-reactive ketones (excluding diaryl/α,β-unsaturated/α-hetero) is 1. The molecule has 13 heavy (non-hydrogen) atoms. The van der Waals surface area contributed by atoms with Crippen molar-refractivity contribution in [2.75, 3.05) is 0 Å². The number of carbonyl (C=O) groups is 1. The third-order valence-corrected chi connectivity index (χ3v) is 1.70. The quantitative estimate of drug-likeness (QED) is 0.697. The van der Waals surface area contributed by atoms with Crippen molar-refractivity contribution in [2.45, 2.75) is 20.1 Å². The van der Waals surface area contributed by atoms with Gasteiger partial charge in [0.15, 0.2) is 11.5 Å². The van der Waals surface area contributed by atoms with E-state index in [1.54, 1.807) is 13.0 Å². The van der Waals surface area contributed by atoms with Crippen LogP contribution in [0.15, 0.2) is 35.6 Å². The van der Waals surface area contributed by atoms with E-state index in [0.29, 0.717) is 0 Å². The third-order valence-electron chi connectivity index (χ3n) is 1.70. The van der Waals surface area contributed by atoms with Gasteiger partial charge in [-0.2, -0.15) is 0 Å². The van der Waals surface area contributed by atoms with Crippen LogP contribution >= 0.6 is 0 Å². The van der Waals surface area contributed by atoms with Gasteiger partial charge in [-0.1, -0.05) is 12.2 Å². The van der Waals surface area contributed by atoms with Crippen LogP contribution in [-0.4, -0.2) is 17.2 Å². The lowest BCUT2D eigenvalue weighted by atomic mass is 10.1. The maximum absolute atomic E-state index is 11.0. The molecule has 1 unspecified atom stereocenters. The molecule has 0 fully saturated rings. The lowest BCUT2D eigenvalue weighted by Gasteiger charge is -2.18. The first kappa shape index (κ1) is 9.74. The lowest BCUT2D eigenvalue weighted by molar-refractivity contribution is -0.121. The van der Waals surface area contributed by atoms with Crippen LogP contribution < -0.4 is 0 Å². The van der Waals surface area contributed by atoms with Gasteiger partial charge < -0.3 is 9.84 Å². The van der Waals surface area contributed by atoms with Gasteiger partial charge in [-0.25, -0.2) is 0 Å². The Morgan fingerprint density at radius 1 is 1.62 bits per heavy atom. The van der Waals surface area contributed by atoms with Crippen LogP contribution in [-0.2, 0) is 9.53 Å². The van der Waals surface area contributed by atoms with Gasteiger partial charge in [0.05, 0.1) is 0 Å². The Morgan fingerprint density at radius 3 is 2.69 bits per heavy atom. The first-order chi connectivity index (χ1) is 6.00. The zero-order chi connectivity index (χ0) is 10.0. The minimum atomic E-state index is -1.05. The van der Waals surface area contributed by atoms with E-state index in [1.807, 2.05) is 0 Å². The normalized spacial score (nSPS) is 21.3. The molecule has 1 rings (SSSR count). The molecule has 1 aliphatic heterocycles. The van der Waals surface area contributed by atoms with E-state index in [2.05, 4.69) is 6.58 Å². The van der Waals surface area contributed by atoms with Gasteiger partial charge in [0.25, 0.3) is 0 Å².